The van der Waals surface area contributed by atoms with E-state index >= 15 is 0 Å². The van der Waals surface area contributed by atoms with Crippen molar-refractivity contribution in [2.24, 2.45) is 0 Å². The van der Waals surface area contributed by atoms with E-state index in [1.54, 1.807) is 24.8 Å². The Hall–Kier alpha value is -5.69. The normalized spacial score (nSPS) is 10.6. The van der Waals surface area contributed by atoms with Crippen LogP contribution in [0.4, 0.5) is 16.2 Å². The highest BCUT2D eigenvalue weighted by molar-refractivity contribution is 6.01. The van der Waals surface area contributed by atoms with Crippen molar-refractivity contribution >= 4 is 17.4 Å². The number of pyridine rings is 4. The third-order valence-corrected chi connectivity index (χ3v) is 6.22. The van der Waals surface area contributed by atoms with Gasteiger partial charge in [0.25, 0.3) is 0 Å². The second-order valence-electron chi connectivity index (χ2n) is 9.04. The van der Waals surface area contributed by atoms with Gasteiger partial charge in [0.2, 0.25) is 0 Å². The summed E-state index contributed by atoms with van der Waals surface area (Å²) in [5.74, 6) is 0. The summed E-state index contributed by atoms with van der Waals surface area (Å²) in [6.45, 7) is 0. The summed E-state index contributed by atoms with van der Waals surface area (Å²) in [5.41, 5.74) is 7.90. The third-order valence-electron chi connectivity index (χ3n) is 6.22. The summed E-state index contributed by atoms with van der Waals surface area (Å²) in [6.07, 6.45) is 6.99. The number of carbonyl (C=O) groups is 1. The molecular weight excluding hydrogens is 496 g/mol. The summed E-state index contributed by atoms with van der Waals surface area (Å²) in [4.78, 5) is 31.2. The van der Waals surface area contributed by atoms with Crippen molar-refractivity contribution in [3.05, 3.63) is 134 Å². The van der Waals surface area contributed by atoms with Crippen LogP contribution in [-0.4, -0.2) is 26.0 Å². The molecule has 4 aromatic heterocycles. The fraction of sp³-hybridized carbons (Fsp3) is 0. The molecule has 0 aliphatic heterocycles. The number of amides is 2. The molecule has 2 amide bonds. The van der Waals surface area contributed by atoms with Gasteiger partial charge in [0.05, 0.1) is 22.8 Å². The number of rotatable bonds is 6. The lowest BCUT2D eigenvalue weighted by atomic mass is 10.0. The summed E-state index contributed by atoms with van der Waals surface area (Å²) in [6, 6.07) is 34.2. The summed E-state index contributed by atoms with van der Waals surface area (Å²) >= 11 is 0. The maximum Gasteiger partial charge on any atom is 0.323 e. The Balaban J connectivity index is 1.33. The molecule has 0 bridgehead atoms. The second-order valence-corrected chi connectivity index (χ2v) is 9.04. The van der Waals surface area contributed by atoms with Crippen molar-refractivity contribution in [3.8, 4) is 45.0 Å². The van der Waals surface area contributed by atoms with E-state index < -0.39 is 0 Å². The highest BCUT2D eigenvalue weighted by Crippen LogP contribution is 2.30. The molecule has 0 saturated heterocycles. The Morgan fingerprint density at radius 3 is 0.975 bits per heavy atom. The molecule has 4 heterocycles. The zero-order valence-electron chi connectivity index (χ0n) is 21.4. The maximum atomic E-state index is 13.3. The number of hydrogen-bond acceptors (Lipinski definition) is 5. The molecule has 2 aromatic carbocycles. The molecule has 0 saturated carbocycles. The molecule has 40 heavy (non-hydrogen) atoms. The Bertz CT molecular complexity index is 1500. The topological polar surface area (TPSA) is 92.7 Å². The van der Waals surface area contributed by atoms with Crippen LogP contribution in [0.5, 0.6) is 0 Å². The Labute approximate surface area is 231 Å². The monoisotopic (exact) mass is 520 g/mol. The molecule has 7 nitrogen and oxygen atoms in total. The van der Waals surface area contributed by atoms with Crippen LogP contribution in [0.1, 0.15) is 0 Å². The average molecular weight is 521 g/mol. The molecule has 0 aliphatic rings. The molecule has 7 heteroatoms. The first-order chi connectivity index (χ1) is 19.7. The van der Waals surface area contributed by atoms with Gasteiger partial charge in [0, 0.05) is 58.4 Å². The lowest BCUT2D eigenvalue weighted by Gasteiger charge is -2.13. The number of nitrogens with one attached hydrogen (secondary N) is 2. The van der Waals surface area contributed by atoms with Crippen molar-refractivity contribution < 1.29 is 4.79 Å². The van der Waals surface area contributed by atoms with Crippen molar-refractivity contribution in [2.45, 2.75) is 0 Å². The highest BCUT2D eigenvalue weighted by atomic mass is 16.2. The van der Waals surface area contributed by atoms with Gasteiger partial charge in [-0.25, -0.2) is 4.79 Å². The van der Waals surface area contributed by atoms with Crippen molar-refractivity contribution in [2.75, 3.05) is 10.6 Å². The average Bonchev–Trinajstić information content (AvgIpc) is 3.02. The Kier molecular flexibility index (Phi) is 7.00. The first kappa shape index (κ1) is 24.6. The first-order valence-corrected chi connectivity index (χ1v) is 12.8. The smallest absolute Gasteiger partial charge is 0.308 e. The minimum Gasteiger partial charge on any atom is -0.308 e. The molecule has 0 spiro atoms. The Morgan fingerprint density at radius 2 is 0.725 bits per heavy atom. The van der Waals surface area contributed by atoms with Gasteiger partial charge in [-0.1, -0.05) is 24.3 Å². The molecule has 6 aromatic rings. The number of hydrogen-bond donors (Lipinski definition) is 2. The number of carbonyl (C=O) groups excluding carboxylic acids is 1. The molecule has 0 unspecified atom stereocenters. The quantitative estimate of drug-likeness (QED) is 0.236. The minimum absolute atomic E-state index is 0.379. The van der Waals surface area contributed by atoms with E-state index in [1.165, 1.54) is 0 Å². The third kappa shape index (κ3) is 5.74. The van der Waals surface area contributed by atoms with Gasteiger partial charge in [-0.2, -0.15) is 0 Å². The van der Waals surface area contributed by atoms with Crippen molar-refractivity contribution in [3.63, 3.8) is 0 Å². The zero-order chi connectivity index (χ0) is 27.1. The number of urea groups is 1. The van der Waals surface area contributed by atoms with E-state index in [0.29, 0.717) is 11.4 Å². The molecule has 192 valence electrons. The van der Waals surface area contributed by atoms with E-state index in [0.717, 1.165) is 45.0 Å². The van der Waals surface area contributed by atoms with Crippen LogP contribution in [0.15, 0.2) is 134 Å². The standard InChI is InChI=1S/C33H24N6O/c40-33(38-27-19-23(29-9-1-5-13-34-29)17-24(20-27)30-10-2-6-14-35-30)39-28-21-25(31-11-3-7-15-36-31)18-26(22-28)32-12-4-8-16-37-32/h1-22H,(H2,38,39,40). The molecule has 2 N–H and O–H groups in total. The summed E-state index contributed by atoms with van der Waals surface area (Å²) in [7, 11) is 0. The van der Waals surface area contributed by atoms with Gasteiger partial charge in [-0.3, -0.25) is 19.9 Å². The number of anilines is 2. The van der Waals surface area contributed by atoms with Crippen LogP contribution < -0.4 is 10.6 Å². The van der Waals surface area contributed by atoms with Crippen LogP contribution in [0.2, 0.25) is 0 Å². The van der Waals surface area contributed by atoms with Gasteiger partial charge < -0.3 is 10.6 Å². The predicted molar refractivity (Wildman–Crippen MR) is 158 cm³/mol. The lowest BCUT2D eigenvalue weighted by Crippen LogP contribution is -2.19. The van der Waals surface area contributed by atoms with Gasteiger partial charge in [-0.15, -0.1) is 0 Å². The molecule has 0 aliphatic carbocycles. The largest absolute Gasteiger partial charge is 0.323 e. The SMILES string of the molecule is O=C(Nc1cc(-c2ccccn2)cc(-c2ccccn2)c1)Nc1cc(-c2ccccn2)cc(-c2ccccn2)c1. The van der Waals surface area contributed by atoms with Crippen molar-refractivity contribution in [1.82, 2.24) is 19.9 Å². The summed E-state index contributed by atoms with van der Waals surface area (Å²) < 4.78 is 0. The first-order valence-electron chi connectivity index (χ1n) is 12.8. The molecule has 0 radical (unpaired) electrons. The van der Waals surface area contributed by atoms with E-state index in [1.807, 2.05) is 109 Å². The molecule has 6 rings (SSSR count). The van der Waals surface area contributed by atoms with Gasteiger partial charge in [-0.05, 0) is 84.9 Å². The van der Waals surface area contributed by atoms with Gasteiger partial charge >= 0.3 is 6.03 Å². The number of nitrogens with zero attached hydrogens (tertiary/aromatic N) is 4. The van der Waals surface area contributed by atoms with E-state index in [9.17, 15) is 4.79 Å². The number of benzene rings is 2. The fourth-order valence-corrected chi connectivity index (χ4v) is 4.42. The Morgan fingerprint density at radius 1 is 0.425 bits per heavy atom. The molecule has 0 atom stereocenters. The second kappa shape index (κ2) is 11.4. The van der Waals surface area contributed by atoms with Crippen LogP contribution in [0, 0.1) is 0 Å². The van der Waals surface area contributed by atoms with Crippen molar-refractivity contribution in [1.29, 1.82) is 0 Å². The maximum absolute atomic E-state index is 13.3. The van der Waals surface area contributed by atoms with Crippen LogP contribution in [0.3, 0.4) is 0 Å². The number of aromatic nitrogens is 4. The van der Waals surface area contributed by atoms with E-state index in [4.69, 9.17) is 0 Å². The molecular formula is C33H24N6O. The van der Waals surface area contributed by atoms with Gasteiger partial charge in [0.1, 0.15) is 0 Å². The minimum atomic E-state index is -0.379. The predicted octanol–water partition coefficient (Wildman–Crippen LogP) is 7.58. The lowest BCUT2D eigenvalue weighted by molar-refractivity contribution is 0.262. The van der Waals surface area contributed by atoms with Crippen LogP contribution >= 0.6 is 0 Å². The zero-order valence-corrected chi connectivity index (χ0v) is 21.4. The highest BCUT2D eigenvalue weighted by Gasteiger charge is 2.12. The van der Waals surface area contributed by atoms with Crippen LogP contribution in [-0.2, 0) is 0 Å². The fourth-order valence-electron chi connectivity index (χ4n) is 4.42. The summed E-state index contributed by atoms with van der Waals surface area (Å²) in [5, 5.41) is 5.98. The van der Waals surface area contributed by atoms with Crippen LogP contribution in [0.25, 0.3) is 45.0 Å². The molecule has 0 fully saturated rings. The van der Waals surface area contributed by atoms with E-state index in [2.05, 4.69) is 30.6 Å². The van der Waals surface area contributed by atoms with Gasteiger partial charge in [0.15, 0.2) is 0 Å². The van der Waals surface area contributed by atoms with E-state index in [-0.39, 0.29) is 6.03 Å².